The number of rotatable bonds is 6. The Morgan fingerprint density at radius 3 is 2.39 bits per heavy atom. The van der Waals surface area contributed by atoms with Crippen molar-refractivity contribution in [2.75, 3.05) is 11.6 Å². The molecule has 0 amide bonds. The maximum Gasteiger partial charge on any atom is 0.270 e. The number of benzene rings is 3. The van der Waals surface area contributed by atoms with E-state index >= 15 is 0 Å². The number of hydrogen-bond donors (Lipinski definition) is 0. The largest absolute Gasteiger partial charge is 0.372 e. The molecule has 0 saturated carbocycles. The van der Waals surface area contributed by atoms with Crippen molar-refractivity contribution in [3.63, 3.8) is 0 Å². The summed E-state index contributed by atoms with van der Waals surface area (Å²) in [6, 6.07) is 26.5. The van der Waals surface area contributed by atoms with Crippen LogP contribution in [0.15, 0.2) is 96.2 Å². The van der Waals surface area contributed by atoms with Gasteiger partial charge in [0.25, 0.3) is 5.69 Å². The van der Waals surface area contributed by atoms with E-state index in [1.54, 1.807) is 12.1 Å². The fourth-order valence-corrected chi connectivity index (χ4v) is 4.97. The second-order valence-electron chi connectivity index (χ2n) is 9.01. The van der Waals surface area contributed by atoms with E-state index in [9.17, 15) is 10.1 Å². The van der Waals surface area contributed by atoms with Gasteiger partial charge in [-0.15, -0.1) is 0 Å². The molecule has 1 fully saturated rings. The lowest BCUT2D eigenvalue weighted by Gasteiger charge is -2.23. The van der Waals surface area contributed by atoms with Gasteiger partial charge in [0.05, 0.1) is 39.8 Å². The standard InChI is InChI=1S/C28H25N5O3/c34-33(35)23-14-7-9-20(17-23)28-24(19-31(30-28)21-10-3-1-4-11-21)26-18-25(27-15-8-16-36-27)29-32(26)22-12-5-2-6-13-22/h1-7,9-14,17,19,26-27H,8,15-16,18H2. The van der Waals surface area contributed by atoms with Crippen molar-refractivity contribution < 1.29 is 9.66 Å². The van der Waals surface area contributed by atoms with Gasteiger partial charge >= 0.3 is 0 Å². The Balaban J connectivity index is 1.49. The summed E-state index contributed by atoms with van der Waals surface area (Å²) in [5, 5.41) is 23.5. The molecule has 36 heavy (non-hydrogen) atoms. The highest BCUT2D eigenvalue weighted by Crippen LogP contribution is 2.41. The molecule has 8 heteroatoms. The molecular formula is C28H25N5O3. The third-order valence-corrected chi connectivity index (χ3v) is 6.71. The Hall–Kier alpha value is -4.30. The van der Waals surface area contributed by atoms with Crippen LogP contribution in [-0.4, -0.2) is 33.1 Å². The van der Waals surface area contributed by atoms with Crippen molar-refractivity contribution in [2.45, 2.75) is 31.4 Å². The summed E-state index contributed by atoms with van der Waals surface area (Å²) in [7, 11) is 0. The maximum atomic E-state index is 11.5. The zero-order chi connectivity index (χ0) is 24.5. The molecule has 2 atom stereocenters. The van der Waals surface area contributed by atoms with E-state index in [1.807, 2.05) is 82.6 Å². The number of aromatic nitrogens is 2. The predicted molar refractivity (Wildman–Crippen MR) is 138 cm³/mol. The summed E-state index contributed by atoms with van der Waals surface area (Å²) in [5.74, 6) is 0. The van der Waals surface area contributed by atoms with E-state index < -0.39 is 0 Å². The average Bonchev–Trinajstić information content (AvgIpc) is 3.69. The lowest BCUT2D eigenvalue weighted by molar-refractivity contribution is -0.384. The highest BCUT2D eigenvalue weighted by atomic mass is 16.6. The third-order valence-electron chi connectivity index (χ3n) is 6.71. The van der Waals surface area contributed by atoms with Crippen LogP contribution in [0, 0.1) is 10.1 Å². The van der Waals surface area contributed by atoms with Gasteiger partial charge in [-0.25, -0.2) is 4.68 Å². The minimum absolute atomic E-state index is 0.0200. The van der Waals surface area contributed by atoms with Crippen LogP contribution in [0.4, 0.5) is 11.4 Å². The maximum absolute atomic E-state index is 11.5. The second-order valence-corrected chi connectivity index (χ2v) is 9.01. The first-order valence-electron chi connectivity index (χ1n) is 12.1. The Labute approximate surface area is 208 Å². The number of para-hydroxylation sites is 2. The van der Waals surface area contributed by atoms with Crippen molar-refractivity contribution in [1.29, 1.82) is 0 Å². The summed E-state index contributed by atoms with van der Waals surface area (Å²) in [5.41, 5.74) is 5.33. The summed E-state index contributed by atoms with van der Waals surface area (Å²) in [4.78, 5) is 11.1. The quantitative estimate of drug-likeness (QED) is 0.253. The topological polar surface area (TPSA) is 85.8 Å². The molecule has 1 saturated heterocycles. The second kappa shape index (κ2) is 9.39. The fourth-order valence-electron chi connectivity index (χ4n) is 4.97. The van der Waals surface area contributed by atoms with Gasteiger partial charge in [0, 0.05) is 42.5 Å². The highest BCUT2D eigenvalue weighted by molar-refractivity contribution is 5.93. The molecule has 0 N–H and O–H groups in total. The van der Waals surface area contributed by atoms with Gasteiger partial charge in [-0.2, -0.15) is 10.2 Å². The molecular weight excluding hydrogens is 454 g/mol. The van der Waals surface area contributed by atoms with Crippen molar-refractivity contribution in [3.05, 3.63) is 107 Å². The first-order chi connectivity index (χ1) is 17.7. The van der Waals surface area contributed by atoms with Gasteiger partial charge in [0.2, 0.25) is 0 Å². The summed E-state index contributed by atoms with van der Waals surface area (Å²) in [6.45, 7) is 0.755. The fraction of sp³-hybridized carbons (Fsp3) is 0.214. The number of ether oxygens (including phenoxy) is 1. The van der Waals surface area contributed by atoms with Crippen LogP contribution in [0.3, 0.4) is 0 Å². The molecule has 1 aromatic heterocycles. The van der Waals surface area contributed by atoms with Crippen LogP contribution < -0.4 is 5.01 Å². The Bertz CT molecular complexity index is 1410. The van der Waals surface area contributed by atoms with Gasteiger partial charge in [0.15, 0.2) is 0 Å². The molecule has 2 aliphatic heterocycles. The Morgan fingerprint density at radius 1 is 0.944 bits per heavy atom. The minimum atomic E-state index is -0.373. The number of nitro groups is 1. The van der Waals surface area contributed by atoms with E-state index in [-0.39, 0.29) is 22.8 Å². The summed E-state index contributed by atoms with van der Waals surface area (Å²) < 4.78 is 7.83. The number of nitrogens with zero attached hydrogens (tertiary/aromatic N) is 5. The molecule has 2 aliphatic rings. The number of nitro benzene ring substituents is 1. The zero-order valence-electron chi connectivity index (χ0n) is 19.6. The average molecular weight is 480 g/mol. The van der Waals surface area contributed by atoms with Crippen molar-refractivity contribution in [3.8, 4) is 16.9 Å². The number of non-ortho nitro benzene ring substituents is 1. The van der Waals surface area contributed by atoms with Crippen LogP contribution in [0.5, 0.6) is 0 Å². The van der Waals surface area contributed by atoms with Crippen LogP contribution in [0.25, 0.3) is 16.9 Å². The molecule has 8 nitrogen and oxygen atoms in total. The molecule has 3 heterocycles. The predicted octanol–water partition coefficient (Wildman–Crippen LogP) is 5.93. The zero-order valence-corrected chi connectivity index (χ0v) is 19.6. The van der Waals surface area contributed by atoms with Crippen molar-refractivity contribution >= 4 is 17.1 Å². The number of hydrogen-bond acceptors (Lipinski definition) is 6. The molecule has 180 valence electrons. The number of anilines is 1. The van der Waals surface area contributed by atoms with E-state index in [4.69, 9.17) is 14.9 Å². The minimum Gasteiger partial charge on any atom is -0.372 e. The van der Waals surface area contributed by atoms with Crippen LogP contribution in [-0.2, 0) is 4.74 Å². The highest BCUT2D eigenvalue weighted by Gasteiger charge is 2.37. The first kappa shape index (κ1) is 22.2. The lowest BCUT2D eigenvalue weighted by Crippen LogP contribution is -2.19. The molecule has 4 aromatic rings. The van der Waals surface area contributed by atoms with Gasteiger partial charge in [-0.05, 0) is 37.1 Å². The number of hydrazone groups is 1. The Kier molecular flexibility index (Phi) is 5.79. The monoisotopic (exact) mass is 479 g/mol. The molecule has 3 aromatic carbocycles. The van der Waals surface area contributed by atoms with E-state index in [2.05, 4.69) is 0 Å². The molecule has 6 rings (SSSR count). The third kappa shape index (κ3) is 4.16. The molecule has 2 unspecified atom stereocenters. The van der Waals surface area contributed by atoms with Gasteiger partial charge < -0.3 is 4.74 Å². The molecule has 0 aliphatic carbocycles. The van der Waals surface area contributed by atoms with Gasteiger partial charge in [0.1, 0.15) is 0 Å². The van der Waals surface area contributed by atoms with Gasteiger partial charge in [-0.3, -0.25) is 15.1 Å². The van der Waals surface area contributed by atoms with Crippen LogP contribution >= 0.6 is 0 Å². The van der Waals surface area contributed by atoms with Gasteiger partial charge in [-0.1, -0.05) is 48.5 Å². The molecule has 0 radical (unpaired) electrons. The van der Waals surface area contributed by atoms with E-state index in [0.717, 1.165) is 42.1 Å². The lowest BCUT2D eigenvalue weighted by atomic mass is 9.96. The summed E-state index contributed by atoms with van der Waals surface area (Å²) in [6.07, 6.45) is 4.74. The summed E-state index contributed by atoms with van der Waals surface area (Å²) >= 11 is 0. The van der Waals surface area contributed by atoms with Crippen LogP contribution in [0.2, 0.25) is 0 Å². The SMILES string of the molecule is O=[N+]([O-])c1cccc(-c2nn(-c3ccccc3)cc2C2CC(C3CCCO3)=NN2c2ccccc2)c1. The molecule has 0 bridgehead atoms. The Morgan fingerprint density at radius 2 is 1.69 bits per heavy atom. The van der Waals surface area contributed by atoms with Crippen molar-refractivity contribution in [2.24, 2.45) is 5.10 Å². The normalized spacial score (nSPS) is 19.4. The first-order valence-corrected chi connectivity index (χ1v) is 12.1. The smallest absolute Gasteiger partial charge is 0.270 e. The van der Waals surface area contributed by atoms with E-state index in [0.29, 0.717) is 17.7 Å². The van der Waals surface area contributed by atoms with E-state index in [1.165, 1.54) is 6.07 Å². The molecule has 0 spiro atoms. The van der Waals surface area contributed by atoms with Crippen molar-refractivity contribution in [1.82, 2.24) is 9.78 Å². The van der Waals surface area contributed by atoms with Crippen LogP contribution in [0.1, 0.15) is 30.9 Å².